The van der Waals surface area contributed by atoms with Gasteiger partial charge in [-0.25, -0.2) is 0 Å². The summed E-state index contributed by atoms with van der Waals surface area (Å²) >= 11 is 4.99. The van der Waals surface area contributed by atoms with Gasteiger partial charge in [-0.1, -0.05) is 13.8 Å². The summed E-state index contributed by atoms with van der Waals surface area (Å²) < 4.78 is 0. The zero-order valence-electron chi connectivity index (χ0n) is 9.88. The Morgan fingerprint density at radius 3 is 2.50 bits per heavy atom. The molecule has 0 unspecified atom stereocenters. The van der Waals surface area contributed by atoms with Crippen LogP contribution in [0.1, 0.15) is 26.7 Å². The average molecular weight is 241 g/mol. The maximum Gasteiger partial charge on any atom is 0.251 e. The van der Waals surface area contributed by atoms with Crippen LogP contribution in [0.4, 0.5) is 0 Å². The second-order valence-corrected chi connectivity index (χ2v) is 5.59. The number of nitrogens with one attached hydrogen (secondary N) is 2. The molecule has 0 bridgehead atoms. The third-order valence-corrected chi connectivity index (χ3v) is 3.55. The molecule has 0 atom stereocenters. The Hall–Kier alpha value is -0.680. The molecular formula is C11H19N3OS. The molecule has 1 spiro atoms. The molecule has 2 aliphatic heterocycles. The summed E-state index contributed by atoms with van der Waals surface area (Å²) in [4.78, 5) is 14.2. The number of carbonyl (C=O) groups excluding carboxylic acids is 1. The average Bonchev–Trinajstić information content (AvgIpc) is 2.45. The van der Waals surface area contributed by atoms with Crippen LogP contribution >= 0.6 is 12.2 Å². The molecule has 5 heteroatoms. The predicted molar refractivity (Wildman–Crippen MR) is 67.1 cm³/mol. The second-order valence-electron chi connectivity index (χ2n) is 5.18. The van der Waals surface area contributed by atoms with Gasteiger partial charge < -0.3 is 15.5 Å². The van der Waals surface area contributed by atoms with Crippen molar-refractivity contribution < 1.29 is 4.79 Å². The van der Waals surface area contributed by atoms with E-state index in [2.05, 4.69) is 29.4 Å². The van der Waals surface area contributed by atoms with Gasteiger partial charge in [-0.3, -0.25) is 4.79 Å². The normalized spacial score (nSPS) is 24.9. The number of hydrogen-bond donors (Lipinski definition) is 2. The van der Waals surface area contributed by atoms with E-state index in [0.29, 0.717) is 11.0 Å². The number of piperidine rings is 1. The lowest BCUT2D eigenvalue weighted by Crippen LogP contribution is -2.55. The Bertz CT molecular complexity index is 308. The van der Waals surface area contributed by atoms with Crippen LogP contribution in [0.25, 0.3) is 0 Å². The number of carbonyl (C=O) groups is 1. The summed E-state index contributed by atoms with van der Waals surface area (Å²) in [6.07, 6.45) is 1.71. The monoisotopic (exact) mass is 241 g/mol. The number of thiocarbonyl (C=S) groups is 1. The fourth-order valence-corrected chi connectivity index (χ4v) is 2.80. The Morgan fingerprint density at radius 1 is 1.44 bits per heavy atom. The first kappa shape index (κ1) is 11.8. The van der Waals surface area contributed by atoms with Gasteiger partial charge in [0.2, 0.25) is 0 Å². The SMILES string of the molecule is CC(C)CN1CCC2(CC1)NC(=S)NC2=O. The van der Waals surface area contributed by atoms with E-state index in [1.807, 2.05) is 0 Å². The summed E-state index contributed by atoms with van der Waals surface area (Å²) in [7, 11) is 0. The smallest absolute Gasteiger partial charge is 0.251 e. The quantitative estimate of drug-likeness (QED) is 0.690. The summed E-state index contributed by atoms with van der Waals surface area (Å²) in [5.41, 5.74) is -0.412. The van der Waals surface area contributed by atoms with Crippen molar-refractivity contribution in [2.75, 3.05) is 19.6 Å². The zero-order valence-corrected chi connectivity index (χ0v) is 10.7. The lowest BCUT2D eigenvalue weighted by Gasteiger charge is -2.37. The second kappa shape index (κ2) is 4.30. The Kier molecular flexibility index (Phi) is 3.17. The minimum Gasteiger partial charge on any atom is -0.348 e. The molecule has 0 aliphatic carbocycles. The largest absolute Gasteiger partial charge is 0.348 e. The van der Waals surface area contributed by atoms with Gasteiger partial charge in [-0.05, 0) is 31.0 Å². The van der Waals surface area contributed by atoms with E-state index in [4.69, 9.17) is 12.2 Å². The van der Waals surface area contributed by atoms with Crippen molar-refractivity contribution in [2.24, 2.45) is 5.92 Å². The van der Waals surface area contributed by atoms with E-state index >= 15 is 0 Å². The maximum absolute atomic E-state index is 11.8. The van der Waals surface area contributed by atoms with Crippen molar-refractivity contribution in [1.82, 2.24) is 15.5 Å². The molecule has 4 nitrogen and oxygen atoms in total. The van der Waals surface area contributed by atoms with Crippen LogP contribution in [0.3, 0.4) is 0 Å². The highest BCUT2D eigenvalue weighted by atomic mass is 32.1. The fraction of sp³-hybridized carbons (Fsp3) is 0.818. The third kappa shape index (κ3) is 2.20. The highest BCUT2D eigenvalue weighted by molar-refractivity contribution is 7.80. The molecule has 1 amide bonds. The van der Waals surface area contributed by atoms with Crippen LogP contribution in [0.15, 0.2) is 0 Å². The van der Waals surface area contributed by atoms with Crippen LogP contribution in [0.2, 0.25) is 0 Å². The van der Waals surface area contributed by atoms with Crippen molar-refractivity contribution in [3.63, 3.8) is 0 Å². The maximum atomic E-state index is 11.8. The van der Waals surface area contributed by atoms with Crippen molar-refractivity contribution in [1.29, 1.82) is 0 Å². The number of amides is 1. The molecule has 90 valence electrons. The molecule has 2 fully saturated rings. The molecule has 0 aromatic heterocycles. The first-order chi connectivity index (χ1) is 7.52. The van der Waals surface area contributed by atoms with Crippen molar-refractivity contribution in [3.05, 3.63) is 0 Å². The summed E-state index contributed by atoms with van der Waals surface area (Å²) in [5, 5.41) is 6.32. The van der Waals surface area contributed by atoms with Crippen molar-refractivity contribution >= 4 is 23.2 Å². The first-order valence-electron chi connectivity index (χ1n) is 5.88. The van der Waals surface area contributed by atoms with Gasteiger partial charge in [-0.2, -0.15) is 0 Å². The van der Waals surface area contributed by atoms with Gasteiger partial charge in [0.25, 0.3) is 5.91 Å². The molecule has 16 heavy (non-hydrogen) atoms. The molecular weight excluding hydrogens is 222 g/mol. The predicted octanol–water partition coefficient (Wildman–Crippen LogP) is 0.481. The van der Waals surface area contributed by atoms with Gasteiger partial charge in [-0.15, -0.1) is 0 Å². The minimum absolute atomic E-state index is 0.0571. The van der Waals surface area contributed by atoms with E-state index in [0.717, 1.165) is 32.5 Å². The highest BCUT2D eigenvalue weighted by Gasteiger charge is 2.46. The zero-order chi connectivity index (χ0) is 11.8. The fourth-order valence-electron chi connectivity index (χ4n) is 2.51. The lowest BCUT2D eigenvalue weighted by atomic mass is 9.87. The molecule has 2 aliphatic rings. The van der Waals surface area contributed by atoms with Gasteiger partial charge in [0, 0.05) is 19.6 Å². The molecule has 2 rings (SSSR count). The van der Waals surface area contributed by atoms with Gasteiger partial charge in [0.1, 0.15) is 5.54 Å². The number of likely N-dealkylation sites (tertiary alicyclic amines) is 1. The van der Waals surface area contributed by atoms with E-state index in [1.165, 1.54) is 0 Å². The Labute approximate surface area is 102 Å². The Balaban J connectivity index is 1.94. The molecule has 2 heterocycles. The molecule has 0 aromatic rings. The Morgan fingerprint density at radius 2 is 2.06 bits per heavy atom. The van der Waals surface area contributed by atoms with Crippen LogP contribution in [-0.2, 0) is 4.79 Å². The standard InChI is InChI=1S/C11H19N3OS/c1-8(2)7-14-5-3-11(4-6-14)9(15)12-10(16)13-11/h8H,3-7H2,1-2H3,(H2,12,13,15,16). The van der Waals surface area contributed by atoms with Crippen LogP contribution in [-0.4, -0.2) is 41.1 Å². The lowest BCUT2D eigenvalue weighted by molar-refractivity contribution is -0.125. The number of nitrogens with zero attached hydrogens (tertiary/aromatic N) is 1. The van der Waals surface area contributed by atoms with E-state index in [-0.39, 0.29) is 5.91 Å². The molecule has 0 saturated carbocycles. The number of hydrogen-bond acceptors (Lipinski definition) is 3. The number of rotatable bonds is 2. The van der Waals surface area contributed by atoms with Crippen LogP contribution < -0.4 is 10.6 Å². The van der Waals surface area contributed by atoms with Crippen LogP contribution in [0, 0.1) is 5.92 Å². The van der Waals surface area contributed by atoms with Crippen LogP contribution in [0.5, 0.6) is 0 Å². The van der Waals surface area contributed by atoms with Crippen molar-refractivity contribution in [2.45, 2.75) is 32.2 Å². The summed E-state index contributed by atoms with van der Waals surface area (Å²) in [6.45, 7) is 7.50. The summed E-state index contributed by atoms with van der Waals surface area (Å²) in [5.74, 6) is 0.738. The van der Waals surface area contributed by atoms with Crippen molar-refractivity contribution in [3.8, 4) is 0 Å². The molecule has 0 aromatic carbocycles. The van der Waals surface area contributed by atoms with E-state index in [9.17, 15) is 4.79 Å². The van der Waals surface area contributed by atoms with Gasteiger partial charge in [0.15, 0.2) is 5.11 Å². The van der Waals surface area contributed by atoms with Gasteiger partial charge in [0.05, 0.1) is 0 Å². The molecule has 2 saturated heterocycles. The first-order valence-corrected chi connectivity index (χ1v) is 6.29. The topological polar surface area (TPSA) is 44.4 Å². The summed E-state index contributed by atoms with van der Waals surface area (Å²) in [6, 6.07) is 0. The van der Waals surface area contributed by atoms with E-state index in [1.54, 1.807) is 0 Å². The van der Waals surface area contributed by atoms with Gasteiger partial charge >= 0.3 is 0 Å². The third-order valence-electron chi connectivity index (χ3n) is 3.35. The minimum atomic E-state index is -0.412. The highest BCUT2D eigenvalue weighted by Crippen LogP contribution is 2.25. The molecule has 2 N–H and O–H groups in total. The van der Waals surface area contributed by atoms with E-state index < -0.39 is 5.54 Å². The molecule has 0 radical (unpaired) electrons.